The van der Waals surface area contributed by atoms with Gasteiger partial charge in [-0.15, -0.1) is 0 Å². The van der Waals surface area contributed by atoms with Crippen LogP contribution in [0.3, 0.4) is 0 Å². The summed E-state index contributed by atoms with van der Waals surface area (Å²) in [6, 6.07) is 12.8. The van der Waals surface area contributed by atoms with Crippen LogP contribution in [-0.2, 0) is 14.8 Å². The van der Waals surface area contributed by atoms with Gasteiger partial charge in [-0.05, 0) is 44.0 Å². The molecule has 1 aliphatic heterocycles. The number of rotatable bonds is 6. The van der Waals surface area contributed by atoms with Crippen molar-refractivity contribution in [3.05, 3.63) is 65.4 Å². The van der Waals surface area contributed by atoms with E-state index in [1.165, 1.54) is 24.3 Å². The lowest BCUT2D eigenvalue weighted by Crippen LogP contribution is -2.41. The van der Waals surface area contributed by atoms with Crippen molar-refractivity contribution >= 4 is 32.8 Å². The highest BCUT2D eigenvalue weighted by molar-refractivity contribution is 7.89. The molecule has 1 atom stereocenters. The Morgan fingerprint density at radius 3 is 2.59 bits per heavy atom. The van der Waals surface area contributed by atoms with Gasteiger partial charge in [0.05, 0.1) is 11.0 Å². The molecule has 2 heterocycles. The molecule has 0 radical (unpaired) electrons. The Morgan fingerprint density at radius 2 is 1.84 bits per heavy atom. The van der Waals surface area contributed by atoms with Crippen molar-refractivity contribution in [2.24, 2.45) is 0 Å². The molecule has 1 aromatic heterocycles. The lowest BCUT2D eigenvalue weighted by Gasteiger charge is -2.12. The summed E-state index contributed by atoms with van der Waals surface area (Å²) in [5.41, 5.74) is 5.89. The number of benzene rings is 2. The third-order valence-electron chi connectivity index (χ3n) is 5.27. The first-order chi connectivity index (χ1) is 15.3. The summed E-state index contributed by atoms with van der Waals surface area (Å²) >= 11 is 0. The molecule has 2 amide bonds. The molecular weight excluding hydrogens is 434 g/mol. The van der Waals surface area contributed by atoms with Crippen LogP contribution in [0, 0.1) is 6.92 Å². The van der Waals surface area contributed by atoms with Crippen molar-refractivity contribution in [3.63, 3.8) is 0 Å². The van der Waals surface area contributed by atoms with Crippen molar-refractivity contribution in [2.75, 3.05) is 13.2 Å². The number of aryl methyl sites for hydroxylation is 1. The molecule has 32 heavy (non-hydrogen) atoms. The molecular formula is C22H23N3O6S. The normalized spacial score (nSPS) is 16.2. The molecule has 168 valence electrons. The number of fused-ring (bicyclic) bond motifs is 1. The topological polar surface area (TPSA) is 127 Å². The first-order valence-corrected chi connectivity index (χ1v) is 11.6. The Bertz CT molecular complexity index is 1260. The van der Waals surface area contributed by atoms with Crippen molar-refractivity contribution in [3.8, 4) is 0 Å². The minimum atomic E-state index is -3.81. The summed E-state index contributed by atoms with van der Waals surface area (Å²) in [6.07, 6.45) is 1.56. The van der Waals surface area contributed by atoms with E-state index in [0.29, 0.717) is 17.8 Å². The number of carbonyl (C=O) groups excluding carboxylic acids is 2. The quantitative estimate of drug-likeness (QED) is 0.488. The van der Waals surface area contributed by atoms with E-state index in [-0.39, 0.29) is 28.9 Å². The highest BCUT2D eigenvalue weighted by atomic mass is 32.2. The Labute approximate surface area is 185 Å². The van der Waals surface area contributed by atoms with Crippen molar-refractivity contribution in [2.45, 2.75) is 30.8 Å². The summed E-state index contributed by atoms with van der Waals surface area (Å²) in [5, 5.41) is 0.803. The summed E-state index contributed by atoms with van der Waals surface area (Å²) in [6.45, 7) is 2.55. The van der Waals surface area contributed by atoms with Crippen LogP contribution in [-0.4, -0.2) is 39.5 Å². The highest BCUT2D eigenvalue weighted by Crippen LogP contribution is 2.24. The largest absolute Gasteiger partial charge is 0.451 e. The van der Waals surface area contributed by atoms with E-state index < -0.39 is 21.8 Å². The standard InChI is InChI=1S/C22H23N3O6S/c1-14-18-9-2-3-10-19(18)31-20(14)22(27)25-24-21(26)15-6-4-8-17(12-15)32(28,29)23-13-16-7-5-11-30-16/h2-4,6,8-10,12,16,23H,5,7,11,13H2,1H3,(H,24,26)(H,25,27). The third-order valence-corrected chi connectivity index (χ3v) is 6.69. The van der Waals surface area contributed by atoms with Crippen LogP contribution in [0.4, 0.5) is 0 Å². The van der Waals surface area contributed by atoms with Crippen LogP contribution < -0.4 is 15.6 Å². The molecule has 0 spiro atoms. The number of furan rings is 1. The van der Waals surface area contributed by atoms with Gasteiger partial charge in [0.15, 0.2) is 5.76 Å². The number of carbonyl (C=O) groups is 2. The molecule has 1 unspecified atom stereocenters. The van der Waals surface area contributed by atoms with Gasteiger partial charge in [-0.3, -0.25) is 20.4 Å². The maximum atomic E-state index is 12.6. The van der Waals surface area contributed by atoms with E-state index in [1.807, 2.05) is 12.1 Å². The lowest BCUT2D eigenvalue weighted by atomic mass is 10.1. The number of nitrogens with one attached hydrogen (secondary N) is 3. The fraction of sp³-hybridized carbons (Fsp3) is 0.273. The molecule has 0 bridgehead atoms. The number of hydrazine groups is 1. The Balaban J connectivity index is 1.41. The van der Waals surface area contributed by atoms with E-state index in [1.54, 1.807) is 19.1 Å². The maximum absolute atomic E-state index is 12.6. The minimum Gasteiger partial charge on any atom is -0.451 e. The summed E-state index contributed by atoms with van der Waals surface area (Å²) in [5.74, 6) is -1.20. The SMILES string of the molecule is Cc1c(C(=O)NNC(=O)c2cccc(S(=O)(=O)NCC3CCCO3)c2)oc2ccccc12. The number of ether oxygens (including phenoxy) is 1. The van der Waals surface area contributed by atoms with Gasteiger partial charge >= 0.3 is 5.91 Å². The first-order valence-electron chi connectivity index (χ1n) is 10.2. The minimum absolute atomic E-state index is 0.0531. The zero-order valence-electron chi connectivity index (χ0n) is 17.4. The van der Waals surface area contributed by atoms with E-state index in [9.17, 15) is 18.0 Å². The zero-order chi connectivity index (χ0) is 22.7. The van der Waals surface area contributed by atoms with Crippen LogP contribution in [0.25, 0.3) is 11.0 Å². The fourth-order valence-electron chi connectivity index (χ4n) is 3.53. The van der Waals surface area contributed by atoms with E-state index >= 15 is 0 Å². The van der Waals surface area contributed by atoms with Crippen LogP contribution in [0.15, 0.2) is 57.8 Å². The van der Waals surface area contributed by atoms with Gasteiger partial charge in [0.2, 0.25) is 10.0 Å². The monoisotopic (exact) mass is 457 g/mol. The Hall–Kier alpha value is -3.21. The third kappa shape index (κ3) is 4.67. The van der Waals surface area contributed by atoms with E-state index in [2.05, 4.69) is 15.6 Å². The molecule has 1 saturated heterocycles. The second-order valence-electron chi connectivity index (χ2n) is 7.48. The average Bonchev–Trinajstić information content (AvgIpc) is 3.44. The van der Waals surface area contributed by atoms with Crippen LogP contribution in [0.5, 0.6) is 0 Å². The molecule has 10 heteroatoms. The molecule has 3 aromatic rings. The van der Waals surface area contributed by atoms with Crippen molar-refractivity contribution in [1.29, 1.82) is 0 Å². The fourth-order valence-corrected chi connectivity index (χ4v) is 4.64. The molecule has 1 aliphatic rings. The van der Waals surface area contributed by atoms with Crippen LogP contribution >= 0.6 is 0 Å². The molecule has 4 rings (SSSR count). The molecule has 3 N–H and O–H groups in total. The van der Waals surface area contributed by atoms with Gasteiger partial charge in [-0.25, -0.2) is 13.1 Å². The molecule has 2 aromatic carbocycles. The molecule has 9 nitrogen and oxygen atoms in total. The smallest absolute Gasteiger partial charge is 0.305 e. The van der Waals surface area contributed by atoms with Crippen LogP contribution in [0.2, 0.25) is 0 Å². The van der Waals surface area contributed by atoms with Crippen LogP contribution in [0.1, 0.15) is 39.3 Å². The summed E-state index contributed by atoms with van der Waals surface area (Å²) in [7, 11) is -3.81. The number of sulfonamides is 1. The van der Waals surface area contributed by atoms with Gasteiger partial charge in [0.25, 0.3) is 5.91 Å². The van der Waals surface area contributed by atoms with Crippen molar-refractivity contribution in [1.82, 2.24) is 15.6 Å². The number of amides is 2. The second-order valence-corrected chi connectivity index (χ2v) is 9.24. The van der Waals surface area contributed by atoms with Gasteiger partial charge in [-0.2, -0.15) is 0 Å². The number of hydrogen-bond acceptors (Lipinski definition) is 6. The number of para-hydroxylation sites is 1. The maximum Gasteiger partial charge on any atom is 0.305 e. The van der Waals surface area contributed by atoms with Gasteiger partial charge in [0.1, 0.15) is 5.58 Å². The molecule has 0 saturated carbocycles. The lowest BCUT2D eigenvalue weighted by molar-refractivity contribution is 0.0831. The van der Waals surface area contributed by atoms with Gasteiger partial charge < -0.3 is 9.15 Å². The van der Waals surface area contributed by atoms with Gasteiger partial charge in [0, 0.05) is 29.7 Å². The highest BCUT2D eigenvalue weighted by Gasteiger charge is 2.22. The molecule has 0 aliphatic carbocycles. The second kappa shape index (κ2) is 9.11. The average molecular weight is 458 g/mol. The Kier molecular flexibility index (Phi) is 6.26. The Morgan fingerprint density at radius 1 is 1.06 bits per heavy atom. The van der Waals surface area contributed by atoms with Crippen molar-refractivity contribution < 1.29 is 27.2 Å². The predicted octanol–water partition coefficient (Wildman–Crippen LogP) is 2.27. The summed E-state index contributed by atoms with van der Waals surface area (Å²) < 4.78 is 38.6. The zero-order valence-corrected chi connectivity index (χ0v) is 18.2. The molecule has 1 fully saturated rings. The summed E-state index contributed by atoms with van der Waals surface area (Å²) in [4.78, 5) is 24.9. The number of hydrogen-bond donors (Lipinski definition) is 3. The predicted molar refractivity (Wildman–Crippen MR) is 116 cm³/mol. The van der Waals surface area contributed by atoms with Gasteiger partial charge in [-0.1, -0.05) is 24.3 Å². The van der Waals surface area contributed by atoms with E-state index in [0.717, 1.165) is 18.2 Å². The van der Waals surface area contributed by atoms with E-state index in [4.69, 9.17) is 9.15 Å². The first kappa shape index (κ1) is 22.0.